The summed E-state index contributed by atoms with van der Waals surface area (Å²) >= 11 is 0. The molecule has 0 amide bonds. The summed E-state index contributed by atoms with van der Waals surface area (Å²) in [7, 11) is 2.08. The van der Waals surface area contributed by atoms with E-state index >= 15 is 0 Å². The summed E-state index contributed by atoms with van der Waals surface area (Å²) in [4.78, 5) is 14.9. The van der Waals surface area contributed by atoms with Crippen molar-refractivity contribution < 1.29 is 4.79 Å². The number of nitrogens with zero attached hydrogens (tertiary/aromatic N) is 3. The first kappa shape index (κ1) is 15.4. The number of anilines is 2. The Kier molecular flexibility index (Phi) is 3.76. The number of nitrogen functional groups attached to an aromatic ring is 1. The van der Waals surface area contributed by atoms with Crippen molar-refractivity contribution >= 4 is 17.3 Å². The smallest absolute Gasteiger partial charge is 0.198 e. The van der Waals surface area contributed by atoms with E-state index in [1.54, 1.807) is 23.0 Å². The van der Waals surface area contributed by atoms with Crippen LogP contribution in [0.5, 0.6) is 0 Å². The highest BCUT2D eigenvalue weighted by molar-refractivity contribution is 6.11. The number of aromatic nitrogens is 2. The summed E-state index contributed by atoms with van der Waals surface area (Å²) in [5, 5.41) is 4.39. The Bertz CT molecular complexity index is 889. The van der Waals surface area contributed by atoms with Crippen LogP contribution in [0, 0.1) is 0 Å². The van der Waals surface area contributed by atoms with E-state index in [-0.39, 0.29) is 11.8 Å². The molecule has 1 aliphatic carbocycles. The Balaban J connectivity index is 1.54. The number of carbonyl (C=O) groups excluding carboxylic acids is 1. The third-order valence-corrected chi connectivity index (χ3v) is 4.81. The summed E-state index contributed by atoms with van der Waals surface area (Å²) in [6.45, 7) is 0. The first-order valence-corrected chi connectivity index (χ1v) is 8.37. The van der Waals surface area contributed by atoms with Crippen LogP contribution in [0.4, 0.5) is 11.5 Å². The van der Waals surface area contributed by atoms with Crippen LogP contribution in [-0.2, 0) is 0 Å². The van der Waals surface area contributed by atoms with Gasteiger partial charge in [0.05, 0.1) is 23.8 Å². The highest BCUT2D eigenvalue weighted by atomic mass is 16.1. The number of rotatable bonds is 5. The number of benzene rings is 2. The van der Waals surface area contributed by atoms with Crippen LogP contribution in [0.15, 0.2) is 66.9 Å². The molecule has 5 nitrogen and oxygen atoms in total. The van der Waals surface area contributed by atoms with E-state index < -0.39 is 0 Å². The van der Waals surface area contributed by atoms with Crippen LogP contribution >= 0.6 is 0 Å². The minimum Gasteiger partial charge on any atom is -0.383 e. The molecule has 1 aliphatic rings. The van der Waals surface area contributed by atoms with Crippen molar-refractivity contribution in [2.24, 2.45) is 0 Å². The lowest BCUT2D eigenvalue weighted by atomic mass is 10.1. The third kappa shape index (κ3) is 2.78. The Hall–Kier alpha value is -3.08. The lowest BCUT2D eigenvalue weighted by Crippen LogP contribution is -2.22. The highest BCUT2D eigenvalue weighted by Crippen LogP contribution is 2.43. The third-order valence-electron chi connectivity index (χ3n) is 4.81. The summed E-state index contributed by atoms with van der Waals surface area (Å²) in [6.07, 6.45) is 2.55. The van der Waals surface area contributed by atoms with Crippen LogP contribution in [-0.4, -0.2) is 28.7 Å². The van der Waals surface area contributed by atoms with Gasteiger partial charge in [-0.2, -0.15) is 5.10 Å². The van der Waals surface area contributed by atoms with Crippen molar-refractivity contribution in [1.29, 1.82) is 0 Å². The lowest BCUT2D eigenvalue weighted by molar-refractivity contribution is 0.103. The Morgan fingerprint density at radius 1 is 1.12 bits per heavy atom. The first-order chi connectivity index (χ1) is 12.2. The number of para-hydroxylation sites is 1. The van der Waals surface area contributed by atoms with E-state index in [0.717, 1.165) is 6.42 Å². The lowest BCUT2D eigenvalue weighted by Gasteiger charge is -2.19. The van der Waals surface area contributed by atoms with E-state index in [1.807, 2.05) is 36.4 Å². The zero-order valence-electron chi connectivity index (χ0n) is 14.0. The molecule has 5 heteroatoms. The topological polar surface area (TPSA) is 64.2 Å². The second kappa shape index (κ2) is 6.09. The molecule has 4 rings (SSSR count). The molecule has 2 unspecified atom stereocenters. The molecule has 1 aromatic heterocycles. The molecule has 0 aliphatic heterocycles. The van der Waals surface area contributed by atoms with Gasteiger partial charge in [0, 0.05) is 18.3 Å². The zero-order valence-corrected chi connectivity index (χ0v) is 14.0. The largest absolute Gasteiger partial charge is 0.383 e. The summed E-state index contributed by atoms with van der Waals surface area (Å²) in [6, 6.07) is 19.9. The molecular weight excluding hydrogens is 312 g/mol. The molecular formula is C20H20N4O. The van der Waals surface area contributed by atoms with Crippen LogP contribution in [0.3, 0.4) is 0 Å². The Morgan fingerprint density at radius 3 is 2.44 bits per heavy atom. The van der Waals surface area contributed by atoms with Crippen molar-refractivity contribution in [1.82, 2.24) is 9.78 Å². The Morgan fingerprint density at radius 2 is 1.76 bits per heavy atom. The standard InChI is InChI=1S/C20H20N4O/c1-23(15-10-6-3-7-11-15)17-12-18(17)24-20(21)16(13-22-24)19(25)14-8-4-2-5-9-14/h2-11,13,17-18H,12,21H2,1H3. The predicted molar refractivity (Wildman–Crippen MR) is 98.8 cm³/mol. The van der Waals surface area contributed by atoms with Gasteiger partial charge in [0.1, 0.15) is 5.82 Å². The van der Waals surface area contributed by atoms with Crippen molar-refractivity contribution in [2.75, 3.05) is 17.7 Å². The molecule has 0 bridgehead atoms. The fraction of sp³-hybridized carbons (Fsp3) is 0.200. The highest BCUT2D eigenvalue weighted by Gasteiger charge is 2.44. The maximum atomic E-state index is 12.6. The maximum absolute atomic E-state index is 12.6. The Labute approximate surface area is 146 Å². The van der Waals surface area contributed by atoms with Crippen molar-refractivity contribution in [3.63, 3.8) is 0 Å². The molecule has 2 N–H and O–H groups in total. The SMILES string of the molecule is CN(c1ccccc1)C1CC1n1ncc(C(=O)c2ccccc2)c1N. The van der Waals surface area contributed by atoms with E-state index in [0.29, 0.717) is 23.0 Å². The van der Waals surface area contributed by atoms with Crippen LogP contribution in [0.2, 0.25) is 0 Å². The molecule has 126 valence electrons. The fourth-order valence-corrected chi connectivity index (χ4v) is 3.26. The van der Waals surface area contributed by atoms with Crippen molar-refractivity contribution in [3.8, 4) is 0 Å². The van der Waals surface area contributed by atoms with Gasteiger partial charge in [-0.1, -0.05) is 48.5 Å². The molecule has 1 fully saturated rings. The van der Waals surface area contributed by atoms with E-state index in [1.165, 1.54) is 5.69 Å². The van der Waals surface area contributed by atoms with Gasteiger partial charge in [-0.05, 0) is 18.6 Å². The molecule has 0 spiro atoms. The number of hydrogen-bond donors (Lipinski definition) is 1. The van der Waals surface area contributed by atoms with Gasteiger partial charge in [-0.3, -0.25) is 4.79 Å². The molecule has 3 aromatic rings. The minimum absolute atomic E-state index is 0.0852. The van der Waals surface area contributed by atoms with E-state index in [2.05, 4.69) is 29.2 Å². The molecule has 0 saturated heterocycles. The van der Waals surface area contributed by atoms with Crippen molar-refractivity contribution in [2.45, 2.75) is 18.5 Å². The van der Waals surface area contributed by atoms with E-state index in [9.17, 15) is 4.79 Å². The van der Waals surface area contributed by atoms with Crippen LogP contribution in [0.25, 0.3) is 0 Å². The van der Waals surface area contributed by atoms with Gasteiger partial charge >= 0.3 is 0 Å². The average molecular weight is 332 g/mol. The van der Waals surface area contributed by atoms with Crippen LogP contribution < -0.4 is 10.6 Å². The molecule has 1 saturated carbocycles. The maximum Gasteiger partial charge on any atom is 0.198 e. The van der Waals surface area contributed by atoms with Gasteiger partial charge in [0.25, 0.3) is 0 Å². The van der Waals surface area contributed by atoms with Gasteiger partial charge < -0.3 is 10.6 Å². The first-order valence-electron chi connectivity index (χ1n) is 8.37. The second-order valence-electron chi connectivity index (χ2n) is 6.40. The average Bonchev–Trinajstić information content (AvgIpc) is 3.37. The summed E-state index contributed by atoms with van der Waals surface area (Å²) in [5.74, 6) is 0.362. The fourth-order valence-electron chi connectivity index (χ4n) is 3.26. The number of carbonyl (C=O) groups is 1. The van der Waals surface area contributed by atoms with Gasteiger partial charge in [0.2, 0.25) is 0 Å². The van der Waals surface area contributed by atoms with Gasteiger partial charge in [0.15, 0.2) is 5.78 Å². The summed E-state index contributed by atoms with van der Waals surface area (Å²) < 4.78 is 1.79. The molecule has 2 aromatic carbocycles. The normalized spacial score (nSPS) is 18.8. The molecule has 25 heavy (non-hydrogen) atoms. The number of ketones is 1. The van der Waals surface area contributed by atoms with Gasteiger partial charge in [-0.25, -0.2) is 4.68 Å². The number of nitrogens with two attached hydrogens (primary N) is 1. The van der Waals surface area contributed by atoms with Crippen molar-refractivity contribution in [3.05, 3.63) is 78.0 Å². The van der Waals surface area contributed by atoms with Gasteiger partial charge in [-0.15, -0.1) is 0 Å². The molecule has 1 heterocycles. The minimum atomic E-state index is -0.0852. The summed E-state index contributed by atoms with van der Waals surface area (Å²) in [5.41, 5.74) is 8.51. The zero-order chi connectivity index (χ0) is 17.4. The second-order valence-corrected chi connectivity index (χ2v) is 6.40. The monoisotopic (exact) mass is 332 g/mol. The number of likely N-dealkylation sites (N-methyl/N-ethyl adjacent to an activating group) is 1. The molecule has 2 atom stereocenters. The predicted octanol–water partition coefficient (Wildman–Crippen LogP) is 3.15. The van der Waals surface area contributed by atoms with Crippen LogP contribution in [0.1, 0.15) is 28.4 Å². The quantitative estimate of drug-likeness (QED) is 0.729. The molecule has 0 radical (unpaired) electrons. The number of hydrogen-bond acceptors (Lipinski definition) is 4. The van der Waals surface area contributed by atoms with E-state index in [4.69, 9.17) is 5.73 Å².